The van der Waals surface area contributed by atoms with E-state index >= 15 is 0 Å². The topological polar surface area (TPSA) is 32.3 Å². The number of benzene rings is 2. The van der Waals surface area contributed by atoms with Crippen LogP contribution >= 0.6 is 11.6 Å². The number of hydrogen-bond acceptors (Lipinski definition) is 2. The second-order valence-electron chi connectivity index (χ2n) is 4.96. The minimum absolute atomic E-state index is 0.00943. The second kappa shape index (κ2) is 5.33. The summed E-state index contributed by atoms with van der Waals surface area (Å²) in [4.78, 5) is 0. The zero-order valence-corrected chi connectivity index (χ0v) is 11.3. The van der Waals surface area contributed by atoms with Gasteiger partial charge in [0.05, 0.1) is 12.1 Å². The van der Waals surface area contributed by atoms with Gasteiger partial charge in [0, 0.05) is 18.0 Å². The molecule has 2 nitrogen and oxygen atoms in total. The van der Waals surface area contributed by atoms with E-state index in [4.69, 9.17) is 11.6 Å². The van der Waals surface area contributed by atoms with Crippen molar-refractivity contribution in [3.05, 3.63) is 70.2 Å². The lowest BCUT2D eigenvalue weighted by atomic mass is 10.1. The molecule has 1 aliphatic carbocycles. The predicted molar refractivity (Wildman–Crippen MR) is 77.2 cm³/mol. The fraction of sp³-hybridized carbons (Fsp3) is 0.250. The van der Waals surface area contributed by atoms with Gasteiger partial charge in [0.25, 0.3) is 0 Å². The normalized spacial score (nSPS) is 21.4. The molecule has 0 unspecified atom stereocenters. The highest BCUT2D eigenvalue weighted by atomic mass is 35.5. The summed E-state index contributed by atoms with van der Waals surface area (Å²) in [5, 5.41) is 14.3. The molecular formula is C16H16ClNO. The van der Waals surface area contributed by atoms with Crippen LogP contribution in [0.15, 0.2) is 48.5 Å². The summed E-state index contributed by atoms with van der Waals surface area (Å²) in [6, 6.07) is 16.0. The van der Waals surface area contributed by atoms with Gasteiger partial charge in [-0.05, 0) is 28.8 Å². The molecule has 1 aliphatic rings. The van der Waals surface area contributed by atoms with E-state index in [1.165, 1.54) is 11.1 Å². The maximum atomic E-state index is 10.2. The van der Waals surface area contributed by atoms with E-state index in [0.29, 0.717) is 6.54 Å². The summed E-state index contributed by atoms with van der Waals surface area (Å²) in [6.07, 6.45) is 0.375. The Kier molecular flexibility index (Phi) is 3.56. The molecule has 3 rings (SSSR count). The van der Waals surface area contributed by atoms with Gasteiger partial charge in [-0.1, -0.05) is 48.0 Å². The molecule has 2 aromatic carbocycles. The lowest BCUT2D eigenvalue weighted by Crippen LogP contribution is -2.28. The van der Waals surface area contributed by atoms with Crippen LogP contribution in [0.3, 0.4) is 0 Å². The van der Waals surface area contributed by atoms with Crippen LogP contribution in [0.2, 0.25) is 5.02 Å². The molecule has 0 amide bonds. The summed E-state index contributed by atoms with van der Waals surface area (Å²) in [5.41, 5.74) is 3.57. The smallest absolute Gasteiger partial charge is 0.0775 e. The van der Waals surface area contributed by atoms with Gasteiger partial charge in [0.2, 0.25) is 0 Å². The number of rotatable bonds is 3. The zero-order chi connectivity index (χ0) is 13.2. The lowest BCUT2D eigenvalue weighted by molar-refractivity contribution is 0.140. The van der Waals surface area contributed by atoms with Crippen LogP contribution in [0.4, 0.5) is 0 Å². The van der Waals surface area contributed by atoms with Gasteiger partial charge in [-0.15, -0.1) is 0 Å². The molecule has 0 saturated heterocycles. The molecule has 2 N–H and O–H groups in total. The first-order valence-electron chi connectivity index (χ1n) is 6.48. The first kappa shape index (κ1) is 12.7. The van der Waals surface area contributed by atoms with Crippen molar-refractivity contribution in [3.63, 3.8) is 0 Å². The third kappa shape index (κ3) is 2.66. The Hall–Kier alpha value is -1.35. The molecule has 19 heavy (non-hydrogen) atoms. The fourth-order valence-corrected chi connectivity index (χ4v) is 2.91. The molecular weight excluding hydrogens is 258 g/mol. The van der Waals surface area contributed by atoms with Crippen molar-refractivity contribution < 1.29 is 5.11 Å². The van der Waals surface area contributed by atoms with Crippen LogP contribution in [0.25, 0.3) is 0 Å². The van der Waals surface area contributed by atoms with Gasteiger partial charge in [-0.3, -0.25) is 0 Å². The number of nitrogens with one attached hydrogen (secondary N) is 1. The first-order chi connectivity index (χ1) is 9.24. The maximum Gasteiger partial charge on any atom is 0.0775 e. The average Bonchev–Trinajstić information content (AvgIpc) is 2.72. The molecule has 0 heterocycles. The third-order valence-electron chi connectivity index (χ3n) is 3.62. The second-order valence-corrected chi connectivity index (χ2v) is 5.40. The van der Waals surface area contributed by atoms with E-state index in [1.54, 1.807) is 0 Å². The van der Waals surface area contributed by atoms with Crippen molar-refractivity contribution in [1.82, 2.24) is 5.32 Å². The average molecular weight is 274 g/mol. The van der Waals surface area contributed by atoms with Gasteiger partial charge < -0.3 is 10.4 Å². The Morgan fingerprint density at radius 1 is 1.16 bits per heavy atom. The van der Waals surface area contributed by atoms with E-state index in [-0.39, 0.29) is 12.1 Å². The Balaban J connectivity index is 1.74. The minimum Gasteiger partial charge on any atom is -0.391 e. The molecule has 0 fully saturated rings. The van der Waals surface area contributed by atoms with Gasteiger partial charge in [0.15, 0.2) is 0 Å². The van der Waals surface area contributed by atoms with E-state index < -0.39 is 0 Å². The molecule has 0 radical (unpaired) electrons. The van der Waals surface area contributed by atoms with Crippen molar-refractivity contribution >= 4 is 11.6 Å². The Bertz CT molecular complexity index is 584. The Morgan fingerprint density at radius 3 is 2.84 bits per heavy atom. The number of aliphatic hydroxyl groups is 1. The number of hydrogen-bond donors (Lipinski definition) is 2. The molecule has 2 aromatic rings. The molecule has 0 bridgehead atoms. The van der Waals surface area contributed by atoms with Crippen LogP contribution in [-0.2, 0) is 13.0 Å². The molecule has 0 spiro atoms. The zero-order valence-electron chi connectivity index (χ0n) is 10.5. The largest absolute Gasteiger partial charge is 0.391 e. The molecule has 98 valence electrons. The summed E-state index contributed by atoms with van der Waals surface area (Å²) < 4.78 is 0. The number of halogens is 1. The Labute approximate surface area is 118 Å². The molecule has 0 aliphatic heterocycles. The minimum atomic E-state index is -0.350. The molecule has 0 saturated carbocycles. The van der Waals surface area contributed by atoms with Gasteiger partial charge >= 0.3 is 0 Å². The summed E-state index contributed by atoms with van der Waals surface area (Å²) in [7, 11) is 0. The van der Waals surface area contributed by atoms with Gasteiger partial charge in [-0.2, -0.15) is 0 Å². The molecule has 3 heteroatoms. The highest BCUT2D eigenvalue weighted by Gasteiger charge is 2.29. The highest BCUT2D eigenvalue weighted by Crippen LogP contribution is 2.31. The van der Waals surface area contributed by atoms with Crippen molar-refractivity contribution in [1.29, 1.82) is 0 Å². The maximum absolute atomic E-state index is 10.2. The fourth-order valence-electron chi connectivity index (χ4n) is 2.69. The summed E-state index contributed by atoms with van der Waals surface area (Å²) in [5.74, 6) is 0. The summed E-state index contributed by atoms with van der Waals surface area (Å²) in [6.45, 7) is 0.705. The van der Waals surface area contributed by atoms with Crippen LogP contribution in [0.5, 0.6) is 0 Å². The van der Waals surface area contributed by atoms with E-state index in [0.717, 1.165) is 17.0 Å². The molecule has 0 aromatic heterocycles. The van der Waals surface area contributed by atoms with Crippen molar-refractivity contribution in [3.8, 4) is 0 Å². The monoisotopic (exact) mass is 273 g/mol. The standard InChI is InChI=1S/C16H16ClNO/c17-13-6-3-4-11(8-13)10-18-16-14-7-2-1-5-12(14)9-15(16)19/h1-8,15-16,18-19H,9-10H2/t15-,16+/m0/s1. The van der Waals surface area contributed by atoms with Gasteiger partial charge in [-0.25, -0.2) is 0 Å². The van der Waals surface area contributed by atoms with Crippen molar-refractivity contribution in [2.45, 2.75) is 25.1 Å². The SMILES string of the molecule is O[C@H]1Cc2ccccc2[C@H]1NCc1cccc(Cl)c1. The van der Waals surface area contributed by atoms with E-state index in [2.05, 4.69) is 17.4 Å². The molecule has 2 atom stereocenters. The number of aliphatic hydroxyl groups excluding tert-OH is 1. The van der Waals surface area contributed by atoms with Crippen LogP contribution < -0.4 is 5.32 Å². The summed E-state index contributed by atoms with van der Waals surface area (Å²) >= 11 is 5.97. The Morgan fingerprint density at radius 2 is 2.00 bits per heavy atom. The predicted octanol–water partition coefficient (Wildman–Crippen LogP) is 3.09. The van der Waals surface area contributed by atoms with Crippen molar-refractivity contribution in [2.24, 2.45) is 0 Å². The highest BCUT2D eigenvalue weighted by molar-refractivity contribution is 6.30. The first-order valence-corrected chi connectivity index (χ1v) is 6.85. The lowest BCUT2D eigenvalue weighted by Gasteiger charge is -2.18. The van der Waals surface area contributed by atoms with E-state index in [1.807, 2.05) is 36.4 Å². The van der Waals surface area contributed by atoms with Crippen molar-refractivity contribution in [2.75, 3.05) is 0 Å². The quantitative estimate of drug-likeness (QED) is 0.901. The van der Waals surface area contributed by atoms with Crippen LogP contribution in [0, 0.1) is 0 Å². The van der Waals surface area contributed by atoms with Crippen LogP contribution in [-0.4, -0.2) is 11.2 Å². The van der Waals surface area contributed by atoms with E-state index in [9.17, 15) is 5.11 Å². The van der Waals surface area contributed by atoms with Crippen LogP contribution in [0.1, 0.15) is 22.7 Å². The third-order valence-corrected chi connectivity index (χ3v) is 3.85. The number of fused-ring (bicyclic) bond motifs is 1. The van der Waals surface area contributed by atoms with Gasteiger partial charge in [0.1, 0.15) is 0 Å².